The van der Waals surface area contributed by atoms with Crippen molar-refractivity contribution < 1.29 is 5.11 Å². The Morgan fingerprint density at radius 1 is 1.13 bits per heavy atom. The number of benzene rings is 1. The van der Waals surface area contributed by atoms with Gasteiger partial charge < -0.3 is 21.1 Å². The first-order valence-electron chi connectivity index (χ1n) is 11.4. The maximum Gasteiger partial charge on any atom is 0.108 e. The van der Waals surface area contributed by atoms with E-state index in [9.17, 15) is 0 Å². The lowest BCUT2D eigenvalue weighted by atomic mass is 10.1. The van der Waals surface area contributed by atoms with Crippen LogP contribution >= 0.6 is 0 Å². The molecule has 1 aromatic carbocycles. The molecular formula is C25H43N5O. The van der Waals surface area contributed by atoms with Crippen LogP contribution in [0.2, 0.25) is 0 Å². The molecule has 0 unspecified atom stereocenters. The first-order chi connectivity index (χ1) is 15.0. The van der Waals surface area contributed by atoms with E-state index in [1.807, 2.05) is 13.2 Å². The van der Waals surface area contributed by atoms with Crippen molar-refractivity contribution in [3.05, 3.63) is 47.9 Å². The molecule has 0 fully saturated rings. The van der Waals surface area contributed by atoms with Crippen LogP contribution in [-0.2, 0) is 6.42 Å². The second-order valence-electron chi connectivity index (χ2n) is 7.32. The van der Waals surface area contributed by atoms with Crippen LogP contribution in [0.1, 0.15) is 76.8 Å². The van der Waals surface area contributed by atoms with E-state index < -0.39 is 0 Å². The van der Waals surface area contributed by atoms with Crippen LogP contribution in [0.4, 0.5) is 0 Å². The number of nitrogens with one attached hydrogen (secondary N) is 2. The number of hydrogen-bond donors (Lipinski definition) is 4. The van der Waals surface area contributed by atoms with Gasteiger partial charge in [0.1, 0.15) is 6.34 Å². The Morgan fingerprint density at radius 3 is 2.42 bits per heavy atom. The highest BCUT2D eigenvalue weighted by molar-refractivity contribution is 5.99. The lowest BCUT2D eigenvalue weighted by Gasteiger charge is -1.96. The molecule has 6 heteroatoms. The van der Waals surface area contributed by atoms with E-state index >= 15 is 0 Å². The molecular weight excluding hydrogens is 386 g/mol. The van der Waals surface area contributed by atoms with Gasteiger partial charge in [-0.2, -0.15) is 5.10 Å². The van der Waals surface area contributed by atoms with Crippen molar-refractivity contribution >= 4 is 23.5 Å². The first kappa shape index (κ1) is 28.4. The summed E-state index contributed by atoms with van der Waals surface area (Å²) in [6.07, 6.45) is 14.1. The molecule has 5 N–H and O–H groups in total. The number of unbranched alkanes of at least 4 members (excludes halogenated alkanes) is 4. The molecule has 0 atom stereocenters. The van der Waals surface area contributed by atoms with E-state index in [2.05, 4.69) is 66.1 Å². The Kier molecular flexibility index (Phi) is 17.7. The maximum atomic E-state index is 8.58. The average molecular weight is 430 g/mol. The predicted octanol–water partition coefficient (Wildman–Crippen LogP) is 6.09. The lowest BCUT2D eigenvalue weighted by Crippen LogP contribution is -2.06. The lowest BCUT2D eigenvalue weighted by molar-refractivity contribution is 0.384. The number of aromatic nitrogens is 1. The van der Waals surface area contributed by atoms with Gasteiger partial charge >= 0.3 is 0 Å². The third kappa shape index (κ3) is 14.1. The molecule has 0 bridgehead atoms. The molecule has 2 rings (SSSR count). The zero-order chi connectivity index (χ0) is 23.3. The Bertz CT molecular complexity index is 760. The summed E-state index contributed by atoms with van der Waals surface area (Å²) in [5.74, 6) is 0.318. The largest absolute Gasteiger partial charge is 0.513 e. The molecule has 1 aromatic heterocycles. The van der Waals surface area contributed by atoms with E-state index in [0.717, 1.165) is 35.7 Å². The minimum atomic E-state index is 0.318. The summed E-state index contributed by atoms with van der Waals surface area (Å²) in [5, 5.41) is 20.3. The normalized spacial score (nSPS) is 10.7. The summed E-state index contributed by atoms with van der Waals surface area (Å²) < 4.78 is 0. The van der Waals surface area contributed by atoms with Crippen molar-refractivity contribution in [2.45, 2.75) is 72.1 Å². The van der Waals surface area contributed by atoms with E-state index in [4.69, 9.17) is 10.8 Å². The highest BCUT2D eigenvalue weighted by Crippen LogP contribution is 2.18. The van der Waals surface area contributed by atoms with Crippen LogP contribution in [0.3, 0.4) is 0 Å². The minimum Gasteiger partial charge on any atom is -0.513 e. The number of aromatic amines is 1. The summed E-state index contributed by atoms with van der Waals surface area (Å²) in [6.45, 7) is 11.1. The zero-order valence-electron chi connectivity index (χ0n) is 20.0. The van der Waals surface area contributed by atoms with Gasteiger partial charge in [-0.25, -0.2) is 0 Å². The number of H-pyrrole nitrogens is 1. The molecule has 0 saturated heterocycles. The smallest absolute Gasteiger partial charge is 0.108 e. The maximum absolute atomic E-state index is 8.58. The number of aryl methyl sites for hydroxylation is 1. The number of nitrogens with two attached hydrogens (primary N) is 1. The Morgan fingerprint density at radius 2 is 1.84 bits per heavy atom. The molecule has 31 heavy (non-hydrogen) atoms. The number of rotatable bonds is 11. The van der Waals surface area contributed by atoms with Gasteiger partial charge in [-0.3, -0.25) is 0 Å². The summed E-state index contributed by atoms with van der Waals surface area (Å²) >= 11 is 0. The molecule has 0 amide bonds. The summed E-state index contributed by atoms with van der Waals surface area (Å²) in [4.78, 5) is 3.19. The van der Waals surface area contributed by atoms with Gasteiger partial charge in [-0.1, -0.05) is 59.1 Å². The van der Waals surface area contributed by atoms with Crippen molar-refractivity contribution in [1.82, 2.24) is 10.3 Å². The summed E-state index contributed by atoms with van der Waals surface area (Å²) in [7, 11) is 2.00. The molecule has 0 spiro atoms. The van der Waals surface area contributed by atoms with Gasteiger partial charge in [0, 0.05) is 29.1 Å². The number of fused-ring (bicyclic) bond motifs is 1. The first-order valence-corrected chi connectivity index (χ1v) is 11.4. The topological polar surface area (TPSA) is 98.8 Å². The van der Waals surface area contributed by atoms with Crippen LogP contribution in [0.5, 0.6) is 0 Å². The highest BCUT2D eigenvalue weighted by Gasteiger charge is 2.01. The number of aliphatic hydroxyl groups is 1. The number of nitrogens with zero attached hydrogens (tertiary/aromatic N) is 2. The van der Waals surface area contributed by atoms with Crippen molar-refractivity contribution in [2.24, 2.45) is 15.9 Å². The summed E-state index contributed by atoms with van der Waals surface area (Å²) in [6, 6.07) is 6.37. The fraction of sp³-hybridized carbons (Fsp3) is 0.520. The van der Waals surface area contributed by atoms with Crippen molar-refractivity contribution in [3.8, 4) is 0 Å². The highest BCUT2D eigenvalue weighted by atomic mass is 16.3. The molecule has 6 nitrogen and oxygen atoms in total. The quantitative estimate of drug-likeness (QED) is 0.114. The molecule has 0 aliphatic carbocycles. The number of allylic oxidation sites excluding steroid dienone is 1. The van der Waals surface area contributed by atoms with Crippen LogP contribution in [0.25, 0.3) is 10.9 Å². The minimum absolute atomic E-state index is 0.318. The molecule has 2 aromatic rings. The molecule has 0 radical (unpaired) electrons. The predicted molar refractivity (Wildman–Crippen MR) is 137 cm³/mol. The SMILES string of the molecule is C=C(O)CCCCC.CCCCCNC.CCc1ccc2[nH]cc(/C=N/N=C\N)c2c1. The van der Waals surface area contributed by atoms with Gasteiger partial charge in [-0.05, 0) is 50.6 Å². The third-order valence-corrected chi connectivity index (χ3v) is 4.62. The van der Waals surface area contributed by atoms with Gasteiger partial charge in [-0.15, -0.1) is 5.10 Å². The van der Waals surface area contributed by atoms with Crippen molar-refractivity contribution in [2.75, 3.05) is 13.6 Å². The van der Waals surface area contributed by atoms with E-state index in [1.54, 1.807) is 6.21 Å². The molecule has 174 valence electrons. The average Bonchev–Trinajstić information content (AvgIpc) is 3.17. The second-order valence-corrected chi connectivity index (χ2v) is 7.32. The van der Waals surface area contributed by atoms with Gasteiger partial charge in [0.05, 0.1) is 12.0 Å². The molecule has 0 aliphatic rings. The Labute approximate surface area is 188 Å². The van der Waals surface area contributed by atoms with Gasteiger partial charge in [0.15, 0.2) is 0 Å². The molecule has 0 aliphatic heterocycles. The van der Waals surface area contributed by atoms with E-state index in [0.29, 0.717) is 5.76 Å². The summed E-state index contributed by atoms with van der Waals surface area (Å²) in [5.41, 5.74) is 8.55. The van der Waals surface area contributed by atoms with Crippen LogP contribution < -0.4 is 11.1 Å². The van der Waals surface area contributed by atoms with Gasteiger partial charge in [0.2, 0.25) is 0 Å². The van der Waals surface area contributed by atoms with Crippen molar-refractivity contribution in [1.29, 1.82) is 0 Å². The third-order valence-electron chi connectivity index (χ3n) is 4.62. The van der Waals surface area contributed by atoms with Crippen LogP contribution in [-0.4, -0.2) is 36.2 Å². The van der Waals surface area contributed by atoms with E-state index in [-0.39, 0.29) is 0 Å². The monoisotopic (exact) mass is 429 g/mol. The van der Waals surface area contributed by atoms with Crippen LogP contribution in [0.15, 0.2) is 46.9 Å². The Balaban J connectivity index is 0.000000506. The molecule has 0 saturated carbocycles. The van der Waals surface area contributed by atoms with Gasteiger partial charge in [0.25, 0.3) is 0 Å². The fourth-order valence-corrected chi connectivity index (χ4v) is 2.78. The standard InChI is InChI=1S/C12H14N4.C7H14O.C6H15N/c1-2-9-3-4-12-11(5-9)10(6-14-12)7-15-16-8-13;1-3-4-5-6-7(2)8;1-3-4-5-6-7-2/h3-8,14H,2H2,1H3,(H2,13,16);8H,2-6H2,1H3;7H,3-6H2,1-2H3/b15-7+;;. The number of hydrogen-bond acceptors (Lipinski definition) is 4. The molecule has 1 heterocycles. The van der Waals surface area contributed by atoms with E-state index in [1.165, 1.54) is 50.6 Å². The Hall–Kier alpha value is -2.60. The van der Waals surface area contributed by atoms with Crippen LogP contribution in [0, 0.1) is 0 Å². The zero-order valence-corrected chi connectivity index (χ0v) is 20.0. The van der Waals surface area contributed by atoms with Crippen molar-refractivity contribution in [3.63, 3.8) is 0 Å². The second kappa shape index (κ2) is 19.4. The number of aliphatic hydroxyl groups excluding tert-OH is 1. The fourth-order valence-electron chi connectivity index (χ4n) is 2.78.